The van der Waals surface area contributed by atoms with Crippen molar-refractivity contribution in [3.63, 3.8) is 0 Å². The molecule has 7 nitrogen and oxygen atoms in total. The zero-order valence-electron chi connectivity index (χ0n) is 18.5. The van der Waals surface area contributed by atoms with Crippen LogP contribution in [0.3, 0.4) is 0 Å². The van der Waals surface area contributed by atoms with Crippen LogP contribution in [0.5, 0.6) is 0 Å². The molecule has 2 aromatic rings. The van der Waals surface area contributed by atoms with Gasteiger partial charge in [-0.2, -0.15) is 0 Å². The van der Waals surface area contributed by atoms with E-state index >= 15 is 0 Å². The minimum absolute atomic E-state index is 0.172. The number of aliphatic hydroxyl groups excluding tert-OH is 1. The molecule has 1 amide bonds. The number of aromatic nitrogens is 1. The topological polar surface area (TPSA) is 80.7 Å². The molecular weight excluding hydrogens is 390 g/mol. The number of hydrogen-bond donors (Lipinski definition) is 3. The van der Waals surface area contributed by atoms with Gasteiger partial charge in [0.1, 0.15) is 5.82 Å². The van der Waals surface area contributed by atoms with Crippen molar-refractivity contribution in [1.29, 1.82) is 0 Å². The predicted octanol–water partition coefficient (Wildman–Crippen LogP) is 1.66. The first-order chi connectivity index (χ1) is 15.0. The zero-order chi connectivity index (χ0) is 21.8. The molecule has 2 aliphatic rings. The largest absolute Gasteiger partial charge is 0.390 e. The third-order valence-electron chi connectivity index (χ3n) is 6.27. The Kier molecular flexibility index (Phi) is 6.85. The molecule has 0 aliphatic carbocycles. The number of benzene rings is 1. The fraction of sp³-hybridized carbons (Fsp3) is 0.500. The molecule has 3 heterocycles. The summed E-state index contributed by atoms with van der Waals surface area (Å²) in [6, 6.07) is 10.6. The number of nitrogens with zero attached hydrogens (tertiary/aromatic N) is 3. The molecule has 2 atom stereocenters. The van der Waals surface area contributed by atoms with Gasteiger partial charge in [-0.3, -0.25) is 9.69 Å². The Hall–Kier alpha value is -2.48. The Morgan fingerprint density at radius 2 is 2.10 bits per heavy atom. The number of carbonyl (C=O) groups excluding carboxylic acids is 1. The van der Waals surface area contributed by atoms with Crippen LogP contribution in [0.1, 0.15) is 33.5 Å². The van der Waals surface area contributed by atoms with E-state index in [0.717, 1.165) is 50.4 Å². The summed E-state index contributed by atoms with van der Waals surface area (Å²) in [5, 5.41) is 16.8. The van der Waals surface area contributed by atoms with Crippen molar-refractivity contribution in [3.8, 4) is 0 Å². The number of nitrogens with one attached hydrogen (secondary N) is 2. The predicted molar refractivity (Wildman–Crippen MR) is 122 cm³/mol. The van der Waals surface area contributed by atoms with Crippen LogP contribution < -0.4 is 10.6 Å². The summed E-state index contributed by atoms with van der Waals surface area (Å²) >= 11 is 0. The first-order valence-corrected chi connectivity index (χ1v) is 11.1. The summed E-state index contributed by atoms with van der Waals surface area (Å²) in [5.41, 5.74) is 4.14. The quantitative estimate of drug-likeness (QED) is 0.629. The molecule has 1 aromatic heterocycles. The second-order valence-electron chi connectivity index (χ2n) is 8.89. The highest BCUT2D eigenvalue weighted by molar-refractivity contribution is 5.96. The SMILES string of the molecule is Cc1cnc(NC2CCN(C)C2)cc1C(=O)NC[C@H](O)CN1CCc2ccccc2C1. The van der Waals surface area contributed by atoms with Crippen LogP contribution in [0.15, 0.2) is 36.5 Å². The lowest BCUT2D eigenvalue weighted by Gasteiger charge is -2.30. The van der Waals surface area contributed by atoms with E-state index in [1.54, 1.807) is 6.20 Å². The molecule has 0 radical (unpaired) electrons. The minimum Gasteiger partial charge on any atom is -0.390 e. The van der Waals surface area contributed by atoms with Gasteiger partial charge in [0.05, 0.1) is 6.10 Å². The number of pyridine rings is 1. The van der Waals surface area contributed by atoms with Crippen LogP contribution in [0, 0.1) is 6.92 Å². The molecule has 3 N–H and O–H groups in total. The van der Waals surface area contributed by atoms with E-state index in [1.165, 1.54) is 11.1 Å². The van der Waals surface area contributed by atoms with Crippen LogP contribution in [0.25, 0.3) is 0 Å². The van der Waals surface area contributed by atoms with Crippen molar-refractivity contribution in [2.45, 2.75) is 38.5 Å². The number of likely N-dealkylation sites (tertiary alicyclic amines) is 1. The molecule has 0 spiro atoms. The van der Waals surface area contributed by atoms with Crippen LogP contribution >= 0.6 is 0 Å². The van der Waals surface area contributed by atoms with Gasteiger partial charge in [-0.1, -0.05) is 24.3 Å². The first-order valence-electron chi connectivity index (χ1n) is 11.1. The molecule has 2 aliphatic heterocycles. The van der Waals surface area contributed by atoms with Crippen LogP contribution in [0.4, 0.5) is 5.82 Å². The van der Waals surface area contributed by atoms with E-state index in [-0.39, 0.29) is 12.5 Å². The first kappa shape index (κ1) is 21.7. The molecule has 1 unspecified atom stereocenters. The molecule has 1 saturated heterocycles. The van der Waals surface area contributed by atoms with Gasteiger partial charge in [0, 0.05) is 50.5 Å². The van der Waals surface area contributed by atoms with E-state index in [9.17, 15) is 9.90 Å². The average Bonchev–Trinajstić information content (AvgIpc) is 3.18. The lowest BCUT2D eigenvalue weighted by atomic mass is 10.00. The average molecular weight is 424 g/mol. The van der Waals surface area contributed by atoms with E-state index < -0.39 is 6.10 Å². The lowest BCUT2D eigenvalue weighted by molar-refractivity contribution is 0.0841. The fourth-order valence-corrected chi connectivity index (χ4v) is 4.49. The normalized spacial score (nSPS) is 20.3. The maximum absolute atomic E-state index is 12.8. The third-order valence-corrected chi connectivity index (χ3v) is 6.27. The van der Waals surface area contributed by atoms with Gasteiger partial charge < -0.3 is 20.6 Å². The maximum Gasteiger partial charge on any atom is 0.251 e. The zero-order valence-corrected chi connectivity index (χ0v) is 18.5. The monoisotopic (exact) mass is 423 g/mol. The Bertz CT molecular complexity index is 919. The molecule has 1 aromatic carbocycles. The summed E-state index contributed by atoms with van der Waals surface area (Å²) in [6.07, 6.45) is 3.19. The van der Waals surface area contributed by atoms with Crippen molar-refractivity contribution < 1.29 is 9.90 Å². The Balaban J connectivity index is 1.28. The number of hydrogen-bond acceptors (Lipinski definition) is 6. The van der Waals surface area contributed by atoms with Gasteiger partial charge >= 0.3 is 0 Å². The second-order valence-corrected chi connectivity index (χ2v) is 8.89. The molecule has 1 fully saturated rings. The van der Waals surface area contributed by atoms with Crippen molar-refractivity contribution in [3.05, 3.63) is 58.8 Å². The summed E-state index contributed by atoms with van der Waals surface area (Å²) in [7, 11) is 2.11. The smallest absolute Gasteiger partial charge is 0.251 e. The van der Waals surface area contributed by atoms with E-state index in [1.807, 2.05) is 13.0 Å². The molecule has 4 rings (SSSR count). The van der Waals surface area contributed by atoms with Crippen LogP contribution in [-0.4, -0.2) is 77.7 Å². The number of fused-ring (bicyclic) bond motifs is 1. The van der Waals surface area contributed by atoms with E-state index in [2.05, 4.69) is 56.7 Å². The van der Waals surface area contributed by atoms with Gasteiger partial charge in [-0.05, 0) is 56.1 Å². The summed E-state index contributed by atoms with van der Waals surface area (Å²) in [6.45, 7) is 6.48. The fourth-order valence-electron chi connectivity index (χ4n) is 4.49. The van der Waals surface area contributed by atoms with Gasteiger partial charge in [-0.25, -0.2) is 4.98 Å². The molecule has 0 bridgehead atoms. The van der Waals surface area contributed by atoms with Crippen molar-refractivity contribution in [1.82, 2.24) is 20.1 Å². The van der Waals surface area contributed by atoms with Gasteiger partial charge in [-0.15, -0.1) is 0 Å². The van der Waals surface area contributed by atoms with Crippen molar-refractivity contribution in [2.24, 2.45) is 0 Å². The molecule has 31 heavy (non-hydrogen) atoms. The number of aryl methyl sites for hydroxylation is 1. The minimum atomic E-state index is -0.608. The number of carbonyl (C=O) groups is 1. The van der Waals surface area contributed by atoms with Crippen molar-refractivity contribution in [2.75, 3.05) is 45.1 Å². The molecular formula is C24H33N5O2. The summed E-state index contributed by atoms with van der Waals surface area (Å²) in [4.78, 5) is 21.7. The highest BCUT2D eigenvalue weighted by atomic mass is 16.3. The number of amides is 1. The Morgan fingerprint density at radius 1 is 1.29 bits per heavy atom. The molecule has 166 valence electrons. The molecule has 0 saturated carbocycles. The Labute approximate surface area is 184 Å². The molecule has 7 heteroatoms. The number of β-amino-alcohol motifs (C(OH)–C–C–N with tert-alkyl or cyclic N) is 1. The lowest BCUT2D eigenvalue weighted by Crippen LogP contribution is -2.42. The highest BCUT2D eigenvalue weighted by Gasteiger charge is 2.21. The third kappa shape index (κ3) is 5.61. The van der Waals surface area contributed by atoms with E-state index in [4.69, 9.17) is 0 Å². The number of likely N-dealkylation sites (N-methyl/N-ethyl adjacent to an activating group) is 1. The Morgan fingerprint density at radius 3 is 2.87 bits per heavy atom. The van der Waals surface area contributed by atoms with Gasteiger partial charge in [0.2, 0.25) is 0 Å². The standard InChI is InChI=1S/C24H33N5O2/c1-17-12-25-23(27-20-8-9-28(2)15-20)11-22(17)24(31)26-13-21(30)16-29-10-7-18-5-3-4-6-19(18)14-29/h3-6,11-12,20-21,30H,7-10,13-16H2,1-2H3,(H,25,27)(H,26,31)/t20?,21-/m0/s1. The maximum atomic E-state index is 12.8. The second kappa shape index (κ2) is 9.77. The number of rotatable bonds is 7. The van der Waals surface area contributed by atoms with Crippen LogP contribution in [-0.2, 0) is 13.0 Å². The summed E-state index contributed by atoms with van der Waals surface area (Å²) < 4.78 is 0. The number of aliphatic hydroxyl groups is 1. The van der Waals surface area contributed by atoms with Gasteiger partial charge in [0.15, 0.2) is 0 Å². The highest BCUT2D eigenvalue weighted by Crippen LogP contribution is 2.19. The van der Waals surface area contributed by atoms with Crippen LogP contribution in [0.2, 0.25) is 0 Å². The van der Waals surface area contributed by atoms with Gasteiger partial charge in [0.25, 0.3) is 5.91 Å². The van der Waals surface area contributed by atoms with E-state index in [0.29, 0.717) is 18.2 Å². The van der Waals surface area contributed by atoms with Crippen molar-refractivity contribution >= 4 is 11.7 Å². The summed E-state index contributed by atoms with van der Waals surface area (Å²) in [5.74, 6) is 0.554. The number of anilines is 1.